The number of carboxylic acids is 1. The van der Waals surface area contributed by atoms with Crippen molar-refractivity contribution in [2.45, 2.75) is 6.04 Å². The summed E-state index contributed by atoms with van der Waals surface area (Å²) in [5.41, 5.74) is 0.596. The van der Waals surface area contributed by atoms with Gasteiger partial charge in [-0.15, -0.1) is 0 Å². The lowest BCUT2D eigenvalue weighted by Crippen LogP contribution is -2.33. The fourth-order valence-electron chi connectivity index (χ4n) is 1.25. The first-order chi connectivity index (χ1) is 7.65. The molecule has 0 aliphatic rings. The van der Waals surface area contributed by atoms with E-state index in [-0.39, 0.29) is 6.54 Å². The Morgan fingerprint density at radius 1 is 1.38 bits per heavy atom. The highest BCUT2D eigenvalue weighted by atomic mass is 16.5. The smallest absolute Gasteiger partial charge is 0.325 e. The van der Waals surface area contributed by atoms with Crippen molar-refractivity contribution in [3.63, 3.8) is 0 Å². The van der Waals surface area contributed by atoms with Gasteiger partial charge in [-0.25, -0.2) is 0 Å². The molecule has 1 unspecified atom stereocenters. The molecule has 0 amide bonds. The molecule has 1 rings (SSSR count). The van der Waals surface area contributed by atoms with Crippen molar-refractivity contribution in [1.82, 2.24) is 5.32 Å². The number of aliphatic carboxylic acids is 1. The molecular formula is C11H13NO4. The molecule has 0 saturated heterocycles. The molecule has 2 N–H and O–H groups in total. The summed E-state index contributed by atoms with van der Waals surface area (Å²) in [6.45, 7) is -0.137. The molecule has 16 heavy (non-hydrogen) atoms. The van der Waals surface area contributed by atoms with Gasteiger partial charge in [-0.2, -0.15) is 0 Å². The van der Waals surface area contributed by atoms with E-state index in [0.29, 0.717) is 5.56 Å². The summed E-state index contributed by atoms with van der Waals surface area (Å²) in [7, 11) is 1.25. The Labute approximate surface area is 93.0 Å². The van der Waals surface area contributed by atoms with E-state index in [2.05, 4.69) is 10.1 Å². The Balaban J connectivity index is 2.69. The number of rotatable bonds is 5. The van der Waals surface area contributed by atoms with Crippen LogP contribution in [0.2, 0.25) is 0 Å². The van der Waals surface area contributed by atoms with Gasteiger partial charge in [0.2, 0.25) is 0 Å². The minimum atomic E-state index is -1.03. The second-order valence-corrected chi connectivity index (χ2v) is 3.14. The molecule has 0 aliphatic carbocycles. The molecule has 86 valence electrons. The molecule has 1 aromatic carbocycles. The predicted octanol–water partition coefficient (Wildman–Crippen LogP) is 0.575. The molecular weight excluding hydrogens is 210 g/mol. The Morgan fingerprint density at radius 2 is 2.00 bits per heavy atom. The van der Waals surface area contributed by atoms with Crippen LogP contribution in [-0.2, 0) is 14.3 Å². The molecule has 0 spiro atoms. The van der Waals surface area contributed by atoms with E-state index in [1.807, 2.05) is 0 Å². The zero-order valence-electron chi connectivity index (χ0n) is 8.84. The van der Waals surface area contributed by atoms with E-state index in [0.717, 1.165) is 0 Å². The quantitative estimate of drug-likeness (QED) is 0.714. The van der Waals surface area contributed by atoms with Crippen LogP contribution in [-0.4, -0.2) is 30.7 Å². The maximum Gasteiger partial charge on any atom is 0.325 e. The first-order valence-electron chi connectivity index (χ1n) is 4.73. The monoisotopic (exact) mass is 223 g/mol. The van der Waals surface area contributed by atoms with Crippen LogP contribution >= 0.6 is 0 Å². The number of nitrogens with one attached hydrogen (secondary N) is 1. The van der Waals surface area contributed by atoms with Crippen LogP contribution in [0.5, 0.6) is 0 Å². The third-order valence-electron chi connectivity index (χ3n) is 2.06. The Kier molecular flexibility index (Phi) is 4.47. The molecule has 5 heteroatoms. The van der Waals surface area contributed by atoms with Crippen LogP contribution in [0.15, 0.2) is 30.3 Å². The fourth-order valence-corrected chi connectivity index (χ4v) is 1.25. The molecule has 0 radical (unpaired) electrons. The van der Waals surface area contributed by atoms with E-state index in [4.69, 9.17) is 5.11 Å². The summed E-state index contributed by atoms with van der Waals surface area (Å²) in [5.74, 6) is -1.53. The maximum atomic E-state index is 11.0. The first kappa shape index (κ1) is 12.2. The lowest BCUT2D eigenvalue weighted by Gasteiger charge is -2.13. The van der Waals surface area contributed by atoms with E-state index in [1.165, 1.54) is 7.11 Å². The highest BCUT2D eigenvalue weighted by molar-refractivity contribution is 5.77. The summed E-state index contributed by atoms with van der Waals surface area (Å²) in [6, 6.07) is 7.74. The van der Waals surface area contributed by atoms with Crippen LogP contribution in [0, 0.1) is 0 Å². The normalized spacial score (nSPS) is 11.8. The Hall–Kier alpha value is -1.88. The van der Waals surface area contributed by atoms with Gasteiger partial charge in [0, 0.05) is 0 Å². The van der Waals surface area contributed by atoms with Gasteiger partial charge in [-0.3, -0.25) is 14.9 Å². The van der Waals surface area contributed by atoms with Gasteiger partial charge >= 0.3 is 11.9 Å². The van der Waals surface area contributed by atoms with Crippen molar-refractivity contribution >= 4 is 11.9 Å². The fraction of sp³-hybridized carbons (Fsp3) is 0.273. The van der Waals surface area contributed by atoms with Gasteiger partial charge in [0.05, 0.1) is 13.7 Å². The molecule has 5 nitrogen and oxygen atoms in total. The van der Waals surface area contributed by atoms with Crippen molar-refractivity contribution in [2.75, 3.05) is 13.7 Å². The lowest BCUT2D eigenvalue weighted by molar-refractivity contribution is -0.141. The highest BCUT2D eigenvalue weighted by Crippen LogP contribution is 2.12. The van der Waals surface area contributed by atoms with Crippen molar-refractivity contribution in [3.8, 4) is 0 Å². The third-order valence-corrected chi connectivity index (χ3v) is 2.06. The van der Waals surface area contributed by atoms with Crippen LogP contribution in [0.1, 0.15) is 11.6 Å². The van der Waals surface area contributed by atoms with Crippen LogP contribution in [0.4, 0.5) is 0 Å². The number of ether oxygens (including phenoxy) is 1. The molecule has 0 heterocycles. The summed E-state index contributed by atoms with van der Waals surface area (Å²) in [6.07, 6.45) is 0. The topological polar surface area (TPSA) is 75.6 Å². The van der Waals surface area contributed by atoms with Crippen molar-refractivity contribution < 1.29 is 19.4 Å². The maximum absolute atomic E-state index is 11.0. The van der Waals surface area contributed by atoms with Gasteiger partial charge in [0.15, 0.2) is 0 Å². The molecule has 0 fully saturated rings. The number of carbonyl (C=O) groups is 2. The van der Waals surface area contributed by atoms with Crippen molar-refractivity contribution in [3.05, 3.63) is 35.9 Å². The molecule has 0 aromatic heterocycles. The van der Waals surface area contributed by atoms with E-state index in [9.17, 15) is 9.59 Å². The van der Waals surface area contributed by atoms with Crippen LogP contribution in [0.3, 0.4) is 0 Å². The summed E-state index contributed by atoms with van der Waals surface area (Å²) >= 11 is 0. The Morgan fingerprint density at radius 3 is 2.50 bits per heavy atom. The molecule has 1 aromatic rings. The minimum absolute atomic E-state index is 0.137. The van der Waals surface area contributed by atoms with Crippen LogP contribution < -0.4 is 5.32 Å². The predicted molar refractivity (Wildman–Crippen MR) is 56.8 cm³/mol. The van der Waals surface area contributed by atoms with Crippen molar-refractivity contribution in [1.29, 1.82) is 0 Å². The molecule has 0 bridgehead atoms. The van der Waals surface area contributed by atoms with E-state index < -0.39 is 18.0 Å². The molecule has 1 atom stereocenters. The van der Waals surface area contributed by atoms with Gasteiger partial charge in [-0.1, -0.05) is 30.3 Å². The van der Waals surface area contributed by atoms with E-state index in [1.54, 1.807) is 30.3 Å². The zero-order valence-corrected chi connectivity index (χ0v) is 8.84. The first-order valence-corrected chi connectivity index (χ1v) is 4.73. The third kappa shape index (κ3) is 3.36. The number of benzene rings is 1. The highest BCUT2D eigenvalue weighted by Gasteiger charge is 2.19. The standard InChI is InChI=1S/C11H13NO4/c1-16-9(13)7-12-10(11(14)15)8-5-3-2-4-6-8/h2-6,10,12H,7H2,1H3,(H,14,15). The number of esters is 1. The summed E-state index contributed by atoms with van der Waals surface area (Å²) < 4.78 is 4.42. The number of carboxylic acid groups (broad SMARTS) is 1. The summed E-state index contributed by atoms with van der Waals surface area (Å²) in [5, 5.41) is 11.6. The van der Waals surface area contributed by atoms with Gasteiger partial charge in [-0.05, 0) is 5.56 Å². The lowest BCUT2D eigenvalue weighted by atomic mass is 10.1. The zero-order chi connectivity index (χ0) is 12.0. The van der Waals surface area contributed by atoms with Crippen LogP contribution in [0.25, 0.3) is 0 Å². The number of hydrogen-bond acceptors (Lipinski definition) is 4. The number of methoxy groups -OCH3 is 1. The average Bonchev–Trinajstić information content (AvgIpc) is 2.30. The molecule has 0 saturated carbocycles. The second-order valence-electron chi connectivity index (χ2n) is 3.14. The average molecular weight is 223 g/mol. The summed E-state index contributed by atoms with van der Waals surface area (Å²) in [4.78, 5) is 21.9. The largest absolute Gasteiger partial charge is 0.480 e. The van der Waals surface area contributed by atoms with Gasteiger partial charge in [0.1, 0.15) is 6.04 Å². The number of carbonyl (C=O) groups excluding carboxylic acids is 1. The number of hydrogen-bond donors (Lipinski definition) is 2. The van der Waals surface area contributed by atoms with Gasteiger partial charge < -0.3 is 9.84 Å². The Bertz CT molecular complexity index is 364. The van der Waals surface area contributed by atoms with Gasteiger partial charge in [0.25, 0.3) is 0 Å². The molecule has 0 aliphatic heterocycles. The minimum Gasteiger partial charge on any atom is -0.480 e. The van der Waals surface area contributed by atoms with Crippen molar-refractivity contribution in [2.24, 2.45) is 0 Å². The second kappa shape index (κ2) is 5.87. The SMILES string of the molecule is COC(=O)CNC(C(=O)O)c1ccccc1. The van der Waals surface area contributed by atoms with E-state index >= 15 is 0 Å².